The van der Waals surface area contributed by atoms with Gasteiger partial charge in [-0.05, 0) is 0 Å². The van der Waals surface area contributed by atoms with Crippen LogP contribution >= 0.6 is 0 Å². The summed E-state index contributed by atoms with van der Waals surface area (Å²) in [5.74, 6) is 0. The lowest BCUT2D eigenvalue weighted by atomic mass is 10.0. The molecule has 4 N–H and O–H groups in total. The highest BCUT2D eigenvalue weighted by molar-refractivity contribution is 5.29. The van der Waals surface area contributed by atoms with Crippen molar-refractivity contribution in [1.82, 2.24) is 0 Å². The molecule has 68 valence electrons. The van der Waals surface area contributed by atoms with Crippen LogP contribution in [0.1, 0.15) is 38.5 Å². The standard InChI is InChI=1S/C6H12.2CH2N2/c1-2-4-6-5-3-1;2*2-1-3/h1-6H2;2*2-3H. The molecule has 12 heavy (non-hydrogen) atoms. The number of rotatable bonds is 0. The van der Waals surface area contributed by atoms with Crippen molar-refractivity contribution in [3.05, 3.63) is 0 Å². The van der Waals surface area contributed by atoms with Crippen molar-refractivity contribution in [2.24, 2.45) is 0 Å². The third-order valence-corrected chi connectivity index (χ3v) is 1.50. The maximum absolute atomic E-state index is 5.62. The van der Waals surface area contributed by atoms with Crippen LogP contribution in [0.4, 0.5) is 0 Å². The summed E-state index contributed by atoms with van der Waals surface area (Å²) in [6.07, 6.45) is 9.00. The van der Waals surface area contributed by atoms with E-state index in [9.17, 15) is 0 Å². The molecule has 1 saturated carbocycles. The molecule has 1 aliphatic rings. The second-order valence-corrected chi connectivity index (χ2v) is 2.37. The van der Waals surface area contributed by atoms with Gasteiger partial charge in [0.05, 0.1) is 12.0 Å². The zero-order valence-electron chi connectivity index (χ0n) is 7.24. The van der Waals surface area contributed by atoms with Gasteiger partial charge in [0.15, 0.2) is 0 Å². The van der Waals surface area contributed by atoms with E-state index in [1.165, 1.54) is 50.5 Å². The van der Waals surface area contributed by atoms with Gasteiger partial charge in [-0.25, -0.2) is 21.6 Å². The molecule has 0 atom stereocenters. The normalized spacial score (nSPS) is 13.3. The van der Waals surface area contributed by atoms with Gasteiger partial charge in [-0.2, -0.15) is 0 Å². The quantitative estimate of drug-likeness (QED) is 0.400. The van der Waals surface area contributed by atoms with Crippen molar-refractivity contribution >= 4 is 12.0 Å². The highest BCUT2D eigenvalue weighted by atomic mass is 14.4. The highest BCUT2D eigenvalue weighted by Crippen LogP contribution is 2.15. The SMILES string of the molecule is C1CCCCC1.N=C=N.N=C=N. The number of hydrogen-bond donors (Lipinski definition) is 4. The molecule has 4 heteroatoms. The molecule has 0 unspecified atom stereocenters. The molecule has 1 aliphatic carbocycles. The van der Waals surface area contributed by atoms with E-state index in [0.717, 1.165) is 0 Å². The Morgan fingerprint density at radius 3 is 0.667 bits per heavy atom. The minimum absolute atomic E-state index is 1.25. The first-order chi connectivity index (χ1) is 5.83. The van der Waals surface area contributed by atoms with Crippen LogP contribution in [0.15, 0.2) is 0 Å². The molecule has 0 amide bonds. The summed E-state index contributed by atoms with van der Waals surface area (Å²) in [6, 6.07) is 2.50. The van der Waals surface area contributed by atoms with Gasteiger partial charge in [-0.1, -0.05) is 38.5 Å². The van der Waals surface area contributed by atoms with Crippen molar-refractivity contribution in [3.8, 4) is 0 Å². The van der Waals surface area contributed by atoms with Gasteiger partial charge in [0, 0.05) is 0 Å². The predicted molar refractivity (Wildman–Crippen MR) is 48.6 cm³/mol. The molecular weight excluding hydrogens is 152 g/mol. The van der Waals surface area contributed by atoms with E-state index < -0.39 is 0 Å². The molecule has 4 nitrogen and oxygen atoms in total. The molecule has 0 heterocycles. The van der Waals surface area contributed by atoms with Crippen LogP contribution in [0.5, 0.6) is 0 Å². The summed E-state index contributed by atoms with van der Waals surface area (Å²) in [4.78, 5) is 0. The Balaban J connectivity index is 0. The first-order valence-corrected chi connectivity index (χ1v) is 4.00. The predicted octanol–water partition coefficient (Wildman–Crippen LogP) is 2.98. The van der Waals surface area contributed by atoms with Gasteiger partial charge in [-0.3, -0.25) is 0 Å². The lowest BCUT2D eigenvalue weighted by Gasteiger charge is -2.05. The van der Waals surface area contributed by atoms with Crippen molar-refractivity contribution < 1.29 is 0 Å². The average Bonchev–Trinajstić information content (AvgIpc) is 2.10. The van der Waals surface area contributed by atoms with Crippen LogP contribution < -0.4 is 0 Å². The molecule has 0 aromatic carbocycles. The second kappa shape index (κ2) is 16.4. The van der Waals surface area contributed by atoms with Gasteiger partial charge in [0.1, 0.15) is 0 Å². The fourth-order valence-corrected chi connectivity index (χ4v) is 1.06. The van der Waals surface area contributed by atoms with E-state index >= 15 is 0 Å². The lowest BCUT2D eigenvalue weighted by Crippen LogP contribution is -1.85. The van der Waals surface area contributed by atoms with E-state index in [-0.39, 0.29) is 0 Å². The summed E-state index contributed by atoms with van der Waals surface area (Å²) in [7, 11) is 0. The lowest BCUT2D eigenvalue weighted by molar-refractivity contribution is 0.504. The number of nitrogens with one attached hydrogen (secondary N) is 4. The largest absolute Gasteiger partial charge is 0.242 e. The van der Waals surface area contributed by atoms with Crippen LogP contribution in [-0.2, 0) is 0 Å². The Morgan fingerprint density at radius 2 is 0.583 bits per heavy atom. The van der Waals surface area contributed by atoms with Crippen LogP contribution in [0.25, 0.3) is 0 Å². The van der Waals surface area contributed by atoms with Crippen LogP contribution in [-0.4, -0.2) is 12.0 Å². The zero-order valence-corrected chi connectivity index (χ0v) is 7.24. The fraction of sp³-hybridized carbons (Fsp3) is 0.750. The molecule has 0 aromatic rings. The maximum atomic E-state index is 5.62. The second-order valence-electron chi connectivity index (χ2n) is 2.37. The van der Waals surface area contributed by atoms with Gasteiger partial charge in [0.2, 0.25) is 0 Å². The summed E-state index contributed by atoms with van der Waals surface area (Å²) < 4.78 is 0. The minimum atomic E-state index is 1.25. The third kappa shape index (κ3) is 23.3. The van der Waals surface area contributed by atoms with Crippen molar-refractivity contribution in [2.45, 2.75) is 38.5 Å². The summed E-state index contributed by atoms with van der Waals surface area (Å²) in [5.41, 5.74) is 0. The Morgan fingerprint density at radius 1 is 0.500 bits per heavy atom. The molecule has 1 rings (SSSR count). The van der Waals surface area contributed by atoms with E-state index in [1.54, 1.807) is 0 Å². The van der Waals surface area contributed by atoms with Gasteiger partial charge >= 0.3 is 0 Å². The van der Waals surface area contributed by atoms with Crippen molar-refractivity contribution in [3.63, 3.8) is 0 Å². The van der Waals surface area contributed by atoms with Crippen LogP contribution in [0, 0.1) is 21.6 Å². The van der Waals surface area contributed by atoms with Crippen molar-refractivity contribution in [1.29, 1.82) is 21.6 Å². The van der Waals surface area contributed by atoms with Crippen LogP contribution in [0.3, 0.4) is 0 Å². The molecule has 1 fully saturated rings. The summed E-state index contributed by atoms with van der Waals surface area (Å²) in [5, 5.41) is 22.5. The van der Waals surface area contributed by atoms with Gasteiger partial charge in [0.25, 0.3) is 0 Å². The van der Waals surface area contributed by atoms with Gasteiger partial charge in [-0.15, -0.1) is 0 Å². The van der Waals surface area contributed by atoms with E-state index in [1.807, 2.05) is 0 Å². The smallest absolute Gasteiger partial charge is 0.0831 e. The minimum Gasteiger partial charge on any atom is -0.242 e. The molecule has 0 saturated heterocycles. The molecule has 0 spiro atoms. The molecule has 0 radical (unpaired) electrons. The Kier molecular flexibility index (Phi) is 18.2. The van der Waals surface area contributed by atoms with E-state index in [2.05, 4.69) is 0 Å². The third-order valence-electron chi connectivity index (χ3n) is 1.50. The zero-order chi connectivity index (χ0) is 9.66. The summed E-state index contributed by atoms with van der Waals surface area (Å²) in [6.45, 7) is 0. The number of hydrogen-bond acceptors (Lipinski definition) is 4. The average molecular weight is 168 g/mol. The first kappa shape index (κ1) is 13.4. The fourth-order valence-electron chi connectivity index (χ4n) is 1.06. The molecule has 0 bridgehead atoms. The van der Waals surface area contributed by atoms with Gasteiger partial charge < -0.3 is 0 Å². The monoisotopic (exact) mass is 168 g/mol. The Hall–Kier alpha value is -1.24. The molecule has 0 aromatic heterocycles. The Labute approximate surface area is 73.0 Å². The van der Waals surface area contributed by atoms with Crippen molar-refractivity contribution in [2.75, 3.05) is 0 Å². The maximum Gasteiger partial charge on any atom is 0.0831 e. The topological polar surface area (TPSA) is 95.4 Å². The van der Waals surface area contributed by atoms with Crippen LogP contribution in [0.2, 0.25) is 0 Å². The first-order valence-electron chi connectivity index (χ1n) is 4.00. The van der Waals surface area contributed by atoms with E-state index in [4.69, 9.17) is 21.6 Å². The summed E-state index contributed by atoms with van der Waals surface area (Å²) >= 11 is 0. The van der Waals surface area contributed by atoms with E-state index in [0.29, 0.717) is 0 Å². The Bertz CT molecular complexity index is 114. The molecule has 0 aliphatic heterocycles. The molecular formula is C8H16N4. The highest BCUT2D eigenvalue weighted by Gasteiger charge is 1.95.